The van der Waals surface area contributed by atoms with Crippen molar-refractivity contribution in [1.82, 2.24) is 4.98 Å². The number of amides is 1. The van der Waals surface area contributed by atoms with Crippen molar-refractivity contribution in [3.05, 3.63) is 83.3 Å². The van der Waals surface area contributed by atoms with Crippen molar-refractivity contribution in [2.24, 2.45) is 0 Å². The lowest BCUT2D eigenvalue weighted by Crippen LogP contribution is -2.24. The highest BCUT2D eigenvalue weighted by atomic mass is 32.2. The van der Waals surface area contributed by atoms with Gasteiger partial charge in [0.25, 0.3) is 0 Å². The maximum atomic E-state index is 13.4. The molecule has 1 heterocycles. The van der Waals surface area contributed by atoms with Crippen LogP contribution in [0.25, 0.3) is 0 Å². The lowest BCUT2D eigenvalue weighted by molar-refractivity contribution is -0.117. The maximum absolute atomic E-state index is 13.4. The molecule has 2 aromatic carbocycles. The van der Waals surface area contributed by atoms with Gasteiger partial charge in [0.1, 0.15) is 10.8 Å². The summed E-state index contributed by atoms with van der Waals surface area (Å²) in [6, 6.07) is 18.0. The Hall–Kier alpha value is -2.31. The molecule has 1 N–H and O–H groups in total. The van der Waals surface area contributed by atoms with Gasteiger partial charge >= 0.3 is 0 Å². The van der Waals surface area contributed by atoms with Crippen molar-refractivity contribution in [2.75, 3.05) is 17.8 Å². The molecule has 0 fully saturated rings. The Kier molecular flexibility index (Phi) is 7.34. The van der Waals surface area contributed by atoms with E-state index in [2.05, 4.69) is 10.3 Å². The number of carbonyl (C=O) groups is 1. The summed E-state index contributed by atoms with van der Waals surface area (Å²) in [6.07, 6.45) is 4.46. The van der Waals surface area contributed by atoms with Crippen molar-refractivity contribution in [2.45, 2.75) is 29.2 Å². The zero-order chi connectivity index (χ0) is 20.8. The lowest BCUT2D eigenvalue weighted by Gasteiger charge is -2.20. The molecule has 0 spiro atoms. The van der Waals surface area contributed by atoms with Crippen LogP contribution in [-0.2, 0) is 11.2 Å². The summed E-state index contributed by atoms with van der Waals surface area (Å²) in [6.45, 7) is 1.95. The molecule has 1 unspecified atom stereocenters. The van der Waals surface area contributed by atoms with E-state index in [0.717, 1.165) is 32.4 Å². The predicted octanol–water partition coefficient (Wildman–Crippen LogP) is 5.94. The number of hydrogen-bond donors (Lipinski definition) is 1. The summed E-state index contributed by atoms with van der Waals surface area (Å²) < 4.78 is 13.4. The first kappa shape index (κ1) is 21.4. The summed E-state index contributed by atoms with van der Waals surface area (Å²) in [7, 11) is 0. The summed E-state index contributed by atoms with van der Waals surface area (Å²) in [5.41, 5.74) is 3.48. The number of pyridine rings is 1. The van der Waals surface area contributed by atoms with Crippen molar-refractivity contribution < 1.29 is 9.18 Å². The van der Waals surface area contributed by atoms with Crippen molar-refractivity contribution in [1.29, 1.82) is 0 Å². The van der Waals surface area contributed by atoms with Crippen LogP contribution in [0, 0.1) is 12.7 Å². The second kappa shape index (κ2) is 9.94. The minimum atomic E-state index is -0.441. The highest BCUT2D eigenvalue weighted by Gasteiger charge is 2.24. The van der Waals surface area contributed by atoms with E-state index in [1.807, 2.05) is 55.8 Å². The SMILES string of the molecule is CSc1cc(C)nc(SC)c1NC(=O)C(Cc1ccccc1)c1ccc(F)cc1. The minimum Gasteiger partial charge on any atom is -0.322 e. The molecule has 29 heavy (non-hydrogen) atoms. The van der Waals surface area contributed by atoms with E-state index in [-0.39, 0.29) is 11.7 Å². The van der Waals surface area contributed by atoms with E-state index in [4.69, 9.17) is 0 Å². The number of benzene rings is 2. The third kappa shape index (κ3) is 5.40. The van der Waals surface area contributed by atoms with Crippen LogP contribution in [0.4, 0.5) is 10.1 Å². The molecule has 0 aliphatic carbocycles. The van der Waals surface area contributed by atoms with Gasteiger partial charge in [0, 0.05) is 10.6 Å². The van der Waals surface area contributed by atoms with Gasteiger partial charge in [-0.3, -0.25) is 4.79 Å². The molecule has 3 aromatic rings. The normalized spacial score (nSPS) is 11.9. The molecule has 1 amide bonds. The average molecular weight is 427 g/mol. The molecule has 0 saturated heterocycles. The second-order valence-electron chi connectivity index (χ2n) is 6.63. The quantitative estimate of drug-likeness (QED) is 0.475. The number of anilines is 1. The second-order valence-corrected chi connectivity index (χ2v) is 8.28. The van der Waals surface area contributed by atoms with Crippen LogP contribution >= 0.6 is 23.5 Å². The molecule has 0 radical (unpaired) electrons. The van der Waals surface area contributed by atoms with E-state index in [0.29, 0.717) is 6.42 Å². The smallest absolute Gasteiger partial charge is 0.232 e. The summed E-state index contributed by atoms with van der Waals surface area (Å²) >= 11 is 3.08. The Morgan fingerprint density at radius 1 is 1.07 bits per heavy atom. The van der Waals surface area contributed by atoms with Crippen LogP contribution < -0.4 is 5.32 Å². The van der Waals surface area contributed by atoms with E-state index in [1.165, 1.54) is 23.9 Å². The first-order valence-corrected chi connectivity index (χ1v) is 11.7. The fraction of sp³-hybridized carbons (Fsp3) is 0.217. The molecule has 3 rings (SSSR count). The molecular formula is C23H23FN2OS2. The Balaban J connectivity index is 1.96. The first-order valence-electron chi connectivity index (χ1n) is 9.21. The molecule has 0 bridgehead atoms. The van der Waals surface area contributed by atoms with Gasteiger partial charge in [0.05, 0.1) is 11.6 Å². The van der Waals surface area contributed by atoms with Gasteiger partial charge in [-0.15, -0.1) is 23.5 Å². The van der Waals surface area contributed by atoms with Crippen molar-refractivity contribution in [3.8, 4) is 0 Å². The van der Waals surface area contributed by atoms with Crippen LogP contribution in [-0.4, -0.2) is 23.4 Å². The molecule has 3 nitrogen and oxygen atoms in total. The Morgan fingerprint density at radius 2 is 1.76 bits per heavy atom. The number of aromatic nitrogens is 1. The van der Waals surface area contributed by atoms with Gasteiger partial charge in [-0.05, 0) is 55.2 Å². The number of rotatable bonds is 7. The third-order valence-corrected chi connectivity index (χ3v) is 6.06. The molecule has 1 atom stereocenters. The number of thioether (sulfide) groups is 2. The van der Waals surface area contributed by atoms with Gasteiger partial charge in [-0.2, -0.15) is 0 Å². The minimum absolute atomic E-state index is 0.128. The van der Waals surface area contributed by atoms with Crippen molar-refractivity contribution >= 4 is 35.1 Å². The summed E-state index contributed by atoms with van der Waals surface area (Å²) in [4.78, 5) is 18.9. The lowest BCUT2D eigenvalue weighted by atomic mass is 9.91. The zero-order valence-corrected chi connectivity index (χ0v) is 18.2. The first-order chi connectivity index (χ1) is 14.0. The Labute approximate surface area is 179 Å². The molecular weight excluding hydrogens is 403 g/mol. The van der Waals surface area contributed by atoms with Crippen LogP contribution in [0.3, 0.4) is 0 Å². The fourth-order valence-corrected chi connectivity index (χ4v) is 4.46. The topological polar surface area (TPSA) is 42.0 Å². The number of aryl methyl sites for hydroxylation is 1. The van der Waals surface area contributed by atoms with Gasteiger partial charge in [-0.1, -0.05) is 42.5 Å². The third-order valence-electron chi connectivity index (χ3n) is 4.61. The van der Waals surface area contributed by atoms with Gasteiger partial charge in [-0.25, -0.2) is 9.37 Å². The Morgan fingerprint density at radius 3 is 2.38 bits per heavy atom. The number of nitrogens with zero attached hydrogens (tertiary/aromatic N) is 1. The van der Waals surface area contributed by atoms with E-state index < -0.39 is 5.92 Å². The molecule has 1 aromatic heterocycles. The van der Waals surface area contributed by atoms with Crippen LogP contribution in [0.1, 0.15) is 22.7 Å². The van der Waals surface area contributed by atoms with E-state index in [9.17, 15) is 9.18 Å². The van der Waals surface area contributed by atoms with Crippen LogP contribution in [0.2, 0.25) is 0 Å². The summed E-state index contributed by atoms with van der Waals surface area (Å²) in [5, 5.41) is 3.90. The number of nitrogens with one attached hydrogen (secondary N) is 1. The largest absolute Gasteiger partial charge is 0.322 e. The van der Waals surface area contributed by atoms with Crippen molar-refractivity contribution in [3.63, 3.8) is 0 Å². The standard InChI is InChI=1S/C23H23FN2OS2/c1-15-13-20(28-2)21(23(25-15)29-3)26-22(27)19(14-16-7-5-4-6-8-16)17-9-11-18(24)12-10-17/h4-13,19H,14H2,1-3H3,(H,26,27). The van der Waals surface area contributed by atoms with Gasteiger partial charge in [0.15, 0.2) is 0 Å². The zero-order valence-electron chi connectivity index (χ0n) is 16.6. The fourth-order valence-electron chi connectivity index (χ4n) is 3.16. The number of hydrogen-bond acceptors (Lipinski definition) is 4. The highest BCUT2D eigenvalue weighted by molar-refractivity contribution is 7.99. The molecule has 0 aliphatic heterocycles. The highest BCUT2D eigenvalue weighted by Crippen LogP contribution is 2.35. The predicted molar refractivity (Wildman–Crippen MR) is 120 cm³/mol. The molecule has 150 valence electrons. The summed E-state index contributed by atoms with van der Waals surface area (Å²) in [5.74, 6) is -0.884. The van der Waals surface area contributed by atoms with Crippen LogP contribution in [0.5, 0.6) is 0 Å². The number of carbonyl (C=O) groups excluding carboxylic acids is 1. The molecule has 0 saturated carbocycles. The molecule has 0 aliphatic rings. The van der Waals surface area contributed by atoms with Gasteiger partial charge in [0.2, 0.25) is 5.91 Å². The monoisotopic (exact) mass is 426 g/mol. The number of halogens is 1. The maximum Gasteiger partial charge on any atom is 0.232 e. The van der Waals surface area contributed by atoms with E-state index in [1.54, 1.807) is 23.9 Å². The van der Waals surface area contributed by atoms with Crippen LogP contribution in [0.15, 0.2) is 70.6 Å². The van der Waals surface area contributed by atoms with E-state index >= 15 is 0 Å². The Bertz CT molecular complexity index is 953. The van der Waals surface area contributed by atoms with Gasteiger partial charge < -0.3 is 5.32 Å². The average Bonchev–Trinajstić information content (AvgIpc) is 2.74. The molecule has 6 heteroatoms.